The second kappa shape index (κ2) is 7.90. The SMILES string of the molecule is CCS[C@@H](C)c1noc(CN(CC)Cc2ccc3c(c2)OCO3)n1. The van der Waals surface area contributed by atoms with Crippen LogP contribution in [0.4, 0.5) is 0 Å². The van der Waals surface area contributed by atoms with Crippen molar-refractivity contribution < 1.29 is 14.0 Å². The second-order valence-corrected chi connectivity index (χ2v) is 7.25. The van der Waals surface area contributed by atoms with Crippen LogP contribution < -0.4 is 9.47 Å². The number of benzene rings is 1. The highest BCUT2D eigenvalue weighted by Gasteiger charge is 2.17. The molecule has 2 heterocycles. The summed E-state index contributed by atoms with van der Waals surface area (Å²) in [5, 5.41) is 4.37. The number of hydrogen-bond acceptors (Lipinski definition) is 7. The molecule has 0 aliphatic carbocycles. The van der Waals surface area contributed by atoms with Gasteiger partial charge in [0.1, 0.15) is 0 Å². The van der Waals surface area contributed by atoms with Gasteiger partial charge in [-0.05, 0) is 36.9 Å². The lowest BCUT2D eigenvalue weighted by atomic mass is 10.2. The Kier molecular flexibility index (Phi) is 5.63. The Morgan fingerprint density at radius 1 is 1.21 bits per heavy atom. The standard InChI is InChI=1S/C17H23N3O3S/c1-4-20(9-13-6-7-14-15(8-13)22-11-21-14)10-16-18-17(19-23-16)12(3)24-5-2/h6-8,12H,4-5,9-11H2,1-3H3/t12-/m0/s1. The van der Waals surface area contributed by atoms with Crippen LogP contribution in [0.5, 0.6) is 11.5 Å². The molecule has 0 saturated carbocycles. The lowest BCUT2D eigenvalue weighted by Gasteiger charge is -2.18. The van der Waals surface area contributed by atoms with Gasteiger partial charge in [0.25, 0.3) is 0 Å². The summed E-state index contributed by atoms with van der Waals surface area (Å²) >= 11 is 1.81. The molecule has 0 unspecified atom stereocenters. The average Bonchev–Trinajstić information content (AvgIpc) is 3.23. The molecule has 1 aromatic carbocycles. The van der Waals surface area contributed by atoms with Gasteiger partial charge in [-0.15, -0.1) is 0 Å². The summed E-state index contributed by atoms with van der Waals surface area (Å²) in [5.74, 6) is 4.10. The Morgan fingerprint density at radius 2 is 2.04 bits per heavy atom. The molecule has 0 fully saturated rings. The van der Waals surface area contributed by atoms with Crippen molar-refractivity contribution in [2.24, 2.45) is 0 Å². The highest BCUT2D eigenvalue weighted by atomic mass is 32.2. The summed E-state index contributed by atoms with van der Waals surface area (Å²) in [6.07, 6.45) is 0. The second-order valence-electron chi connectivity index (χ2n) is 5.63. The minimum Gasteiger partial charge on any atom is -0.454 e. The van der Waals surface area contributed by atoms with Crippen molar-refractivity contribution in [3.63, 3.8) is 0 Å². The van der Waals surface area contributed by atoms with E-state index in [9.17, 15) is 0 Å². The zero-order valence-electron chi connectivity index (χ0n) is 14.3. The summed E-state index contributed by atoms with van der Waals surface area (Å²) in [6.45, 7) is 8.99. The van der Waals surface area contributed by atoms with E-state index in [1.807, 2.05) is 23.9 Å². The van der Waals surface area contributed by atoms with Gasteiger partial charge in [-0.1, -0.05) is 25.1 Å². The molecule has 1 aliphatic rings. The van der Waals surface area contributed by atoms with Gasteiger partial charge in [-0.25, -0.2) is 0 Å². The number of hydrogen-bond donors (Lipinski definition) is 0. The number of nitrogens with zero attached hydrogens (tertiary/aromatic N) is 3. The van der Waals surface area contributed by atoms with Crippen LogP contribution in [-0.2, 0) is 13.1 Å². The monoisotopic (exact) mass is 349 g/mol. The van der Waals surface area contributed by atoms with Crippen LogP contribution in [0.2, 0.25) is 0 Å². The van der Waals surface area contributed by atoms with Crippen molar-refractivity contribution in [3.8, 4) is 11.5 Å². The van der Waals surface area contributed by atoms with E-state index in [0.717, 1.165) is 36.2 Å². The van der Waals surface area contributed by atoms with E-state index in [1.54, 1.807) is 0 Å². The number of ether oxygens (including phenoxy) is 2. The van der Waals surface area contributed by atoms with Crippen molar-refractivity contribution in [1.29, 1.82) is 0 Å². The molecule has 0 spiro atoms. The van der Waals surface area contributed by atoms with Crippen molar-refractivity contribution in [3.05, 3.63) is 35.5 Å². The third kappa shape index (κ3) is 4.02. The zero-order chi connectivity index (χ0) is 16.9. The third-order valence-electron chi connectivity index (χ3n) is 3.91. The maximum Gasteiger partial charge on any atom is 0.240 e. The lowest BCUT2D eigenvalue weighted by Crippen LogP contribution is -2.22. The van der Waals surface area contributed by atoms with Crippen LogP contribution in [-0.4, -0.2) is 34.1 Å². The van der Waals surface area contributed by atoms with Crippen LogP contribution in [0.15, 0.2) is 22.7 Å². The number of fused-ring (bicyclic) bond motifs is 1. The Bertz CT molecular complexity index is 677. The van der Waals surface area contributed by atoms with Crippen LogP contribution >= 0.6 is 11.8 Å². The topological polar surface area (TPSA) is 60.6 Å². The summed E-state index contributed by atoms with van der Waals surface area (Å²) < 4.78 is 16.2. The van der Waals surface area contributed by atoms with Gasteiger partial charge in [0.2, 0.25) is 12.7 Å². The van der Waals surface area contributed by atoms with E-state index in [4.69, 9.17) is 14.0 Å². The first-order chi connectivity index (χ1) is 11.7. The third-order valence-corrected chi connectivity index (χ3v) is 4.96. The van der Waals surface area contributed by atoms with Crippen molar-refractivity contribution >= 4 is 11.8 Å². The molecule has 1 atom stereocenters. The molecule has 1 aromatic heterocycles. The van der Waals surface area contributed by atoms with Crippen molar-refractivity contribution in [2.75, 3.05) is 19.1 Å². The summed E-state index contributed by atoms with van der Waals surface area (Å²) in [4.78, 5) is 6.79. The fourth-order valence-corrected chi connectivity index (χ4v) is 3.34. The highest BCUT2D eigenvalue weighted by Crippen LogP contribution is 2.33. The molecule has 130 valence electrons. The average molecular weight is 349 g/mol. The Labute approximate surface area is 146 Å². The molecule has 3 rings (SSSR count). The molecule has 6 nitrogen and oxygen atoms in total. The summed E-state index contributed by atoms with van der Waals surface area (Å²) in [5.41, 5.74) is 1.18. The smallest absolute Gasteiger partial charge is 0.240 e. The molecular weight excluding hydrogens is 326 g/mol. The molecule has 0 radical (unpaired) electrons. The van der Waals surface area contributed by atoms with Crippen molar-refractivity contribution in [1.82, 2.24) is 15.0 Å². The van der Waals surface area contributed by atoms with Crippen LogP contribution in [0.25, 0.3) is 0 Å². The molecule has 1 aliphatic heterocycles. The van der Waals surface area contributed by atoms with Gasteiger partial charge >= 0.3 is 0 Å². The van der Waals surface area contributed by atoms with Gasteiger partial charge < -0.3 is 14.0 Å². The van der Waals surface area contributed by atoms with Crippen LogP contribution in [0.1, 0.15) is 43.3 Å². The zero-order valence-corrected chi connectivity index (χ0v) is 15.1. The highest BCUT2D eigenvalue weighted by molar-refractivity contribution is 7.99. The van der Waals surface area contributed by atoms with Crippen molar-refractivity contribution in [2.45, 2.75) is 39.1 Å². The van der Waals surface area contributed by atoms with Gasteiger partial charge in [0, 0.05) is 6.54 Å². The van der Waals surface area contributed by atoms with E-state index < -0.39 is 0 Å². The summed E-state index contributed by atoms with van der Waals surface area (Å²) in [6, 6.07) is 6.06. The van der Waals surface area contributed by atoms with Crippen LogP contribution in [0.3, 0.4) is 0 Å². The van der Waals surface area contributed by atoms with E-state index in [1.165, 1.54) is 5.56 Å². The van der Waals surface area contributed by atoms with Gasteiger partial charge in [-0.2, -0.15) is 16.7 Å². The normalized spacial score (nSPS) is 14.3. The summed E-state index contributed by atoms with van der Waals surface area (Å²) in [7, 11) is 0. The maximum atomic E-state index is 5.44. The first-order valence-electron chi connectivity index (χ1n) is 8.24. The molecule has 24 heavy (non-hydrogen) atoms. The fourth-order valence-electron chi connectivity index (χ4n) is 2.59. The Balaban J connectivity index is 1.62. The van der Waals surface area contributed by atoms with E-state index in [0.29, 0.717) is 19.2 Å². The number of rotatable bonds is 8. The first kappa shape index (κ1) is 17.1. The predicted octanol–water partition coefficient (Wildman–Crippen LogP) is 3.63. The van der Waals surface area contributed by atoms with E-state index in [-0.39, 0.29) is 5.25 Å². The fraction of sp³-hybridized carbons (Fsp3) is 0.529. The van der Waals surface area contributed by atoms with Gasteiger partial charge in [0.05, 0.1) is 11.8 Å². The van der Waals surface area contributed by atoms with E-state index >= 15 is 0 Å². The Hall–Kier alpha value is -1.73. The first-order valence-corrected chi connectivity index (χ1v) is 9.29. The van der Waals surface area contributed by atoms with Gasteiger partial charge in [0.15, 0.2) is 17.3 Å². The molecule has 0 saturated heterocycles. The van der Waals surface area contributed by atoms with Gasteiger partial charge in [-0.3, -0.25) is 4.90 Å². The molecule has 2 aromatic rings. The molecule has 0 N–H and O–H groups in total. The number of thioether (sulfide) groups is 1. The quantitative estimate of drug-likeness (QED) is 0.721. The lowest BCUT2D eigenvalue weighted by molar-refractivity contribution is 0.174. The molecule has 0 amide bonds. The minimum absolute atomic E-state index is 0.261. The largest absolute Gasteiger partial charge is 0.454 e. The molecular formula is C17H23N3O3S. The Morgan fingerprint density at radius 3 is 2.83 bits per heavy atom. The minimum atomic E-state index is 0.261. The molecule has 7 heteroatoms. The van der Waals surface area contributed by atoms with Crippen LogP contribution in [0, 0.1) is 0 Å². The molecule has 0 bridgehead atoms. The van der Waals surface area contributed by atoms with E-state index in [2.05, 4.69) is 41.9 Å². The maximum absolute atomic E-state index is 5.44. The predicted molar refractivity (Wildman–Crippen MR) is 93.2 cm³/mol. The number of aromatic nitrogens is 2.